The fourth-order valence-corrected chi connectivity index (χ4v) is 9.87. The van der Waals surface area contributed by atoms with E-state index in [1.54, 1.807) is 19.9 Å². The first-order valence-corrected chi connectivity index (χ1v) is 16.8. The van der Waals surface area contributed by atoms with Crippen LogP contribution in [0, 0.1) is 29.1 Å². The molecule has 0 heterocycles. The van der Waals surface area contributed by atoms with Crippen LogP contribution in [0.25, 0.3) is 0 Å². The molecule has 0 aliphatic heterocycles. The number of aliphatic hydroxyl groups is 3. The lowest BCUT2D eigenvalue weighted by atomic mass is 9.59. The van der Waals surface area contributed by atoms with Gasteiger partial charge in [-0.3, -0.25) is 9.59 Å². The van der Waals surface area contributed by atoms with Crippen LogP contribution in [-0.2, 0) is 24.7 Å². The van der Waals surface area contributed by atoms with Gasteiger partial charge in [-0.15, -0.1) is 0 Å². The molecular weight excluding hydrogens is 604 g/mol. The average Bonchev–Trinajstić information content (AvgIpc) is 3.51. The van der Waals surface area contributed by atoms with E-state index in [1.165, 1.54) is 6.92 Å². The smallest absolute Gasteiger partial charge is 0.303 e. The maximum Gasteiger partial charge on any atom is 0.303 e. The fourth-order valence-electron chi connectivity index (χ4n) is 9.87. The maximum absolute atomic E-state index is 13.8. The van der Waals surface area contributed by atoms with Crippen molar-refractivity contribution in [1.82, 2.24) is 0 Å². The number of rotatable bonds is 7. The van der Waals surface area contributed by atoms with E-state index in [0.29, 0.717) is 11.1 Å². The molecule has 3 N–H and O–H groups in total. The number of carbonyl (C=O) groups is 2. The number of ether oxygens (including phenoxy) is 2. The van der Waals surface area contributed by atoms with Crippen LogP contribution in [0.2, 0.25) is 0 Å². The van der Waals surface area contributed by atoms with Crippen molar-refractivity contribution in [2.24, 2.45) is 29.1 Å². The summed E-state index contributed by atoms with van der Waals surface area (Å²) in [6, 6.07) is 29.9. The lowest BCUT2D eigenvalue weighted by Gasteiger charge is -2.52. The lowest BCUT2D eigenvalue weighted by Crippen LogP contribution is -2.65. The standard InChI is InChI=1S/C41H44O7/c1-25-21-33-38(45,35(25)43)23-28(22-32-34-37(4,5)41(34,48-27(3)42)36(44)26(2)39(32,33)46)24-47-40(29-15-9-6-10-16-29,30-17-11-7-12-18-30)31-19-13-8-14-20-31/h6-22,26,32-34,36,44-46H,23-24H2,1-5H3/t26-,32+,33-,34?,36-,38-,39-,41-/m1/s1. The van der Waals surface area contributed by atoms with Crippen LogP contribution in [0.3, 0.4) is 0 Å². The molecule has 8 atom stereocenters. The van der Waals surface area contributed by atoms with Gasteiger partial charge in [-0.25, -0.2) is 0 Å². The molecule has 0 bridgehead atoms. The summed E-state index contributed by atoms with van der Waals surface area (Å²) in [5, 5.41) is 37.1. The number of carbonyl (C=O) groups excluding carboxylic acids is 2. The molecule has 4 aliphatic rings. The van der Waals surface area contributed by atoms with Gasteiger partial charge >= 0.3 is 5.97 Å². The molecular formula is C41H44O7. The molecule has 250 valence electrons. The summed E-state index contributed by atoms with van der Waals surface area (Å²) in [7, 11) is 0. The van der Waals surface area contributed by atoms with Gasteiger partial charge < -0.3 is 24.8 Å². The molecule has 0 aromatic heterocycles. The van der Waals surface area contributed by atoms with Crippen molar-refractivity contribution in [2.75, 3.05) is 6.61 Å². The molecule has 2 fully saturated rings. The molecule has 4 aliphatic carbocycles. The minimum Gasteiger partial charge on any atom is -0.456 e. The number of Topliss-reactive ketones (excluding diaryl/α,β-unsaturated/α-hetero) is 1. The molecule has 7 heteroatoms. The number of benzene rings is 3. The summed E-state index contributed by atoms with van der Waals surface area (Å²) >= 11 is 0. The average molecular weight is 649 g/mol. The highest BCUT2D eigenvalue weighted by Crippen LogP contribution is 2.76. The van der Waals surface area contributed by atoms with Gasteiger partial charge in [0.15, 0.2) is 5.78 Å². The first-order chi connectivity index (χ1) is 22.8. The number of esters is 1. The number of ketones is 1. The molecule has 1 unspecified atom stereocenters. The molecule has 0 amide bonds. The van der Waals surface area contributed by atoms with Gasteiger partial charge in [0.25, 0.3) is 0 Å². The van der Waals surface area contributed by atoms with E-state index < -0.39 is 69.3 Å². The summed E-state index contributed by atoms with van der Waals surface area (Å²) < 4.78 is 13.1. The van der Waals surface area contributed by atoms with Crippen molar-refractivity contribution < 1.29 is 34.4 Å². The Hall–Kier alpha value is -3.88. The summed E-state index contributed by atoms with van der Waals surface area (Å²) in [5.74, 6) is -3.94. The molecule has 0 spiro atoms. The largest absolute Gasteiger partial charge is 0.456 e. The number of hydrogen-bond donors (Lipinski definition) is 3. The zero-order chi connectivity index (χ0) is 34.3. The van der Waals surface area contributed by atoms with Crippen LogP contribution in [0.15, 0.2) is 114 Å². The van der Waals surface area contributed by atoms with Crippen molar-refractivity contribution in [2.45, 2.75) is 69.5 Å². The Morgan fingerprint density at radius 3 is 1.85 bits per heavy atom. The van der Waals surface area contributed by atoms with Gasteiger partial charge in [0.05, 0.1) is 18.3 Å². The van der Waals surface area contributed by atoms with E-state index in [0.717, 1.165) is 16.7 Å². The van der Waals surface area contributed by atoms with E-state index in [4.69, 9.17) is 9.47 Å². The summed E-state index contributed by atoms with van der Waals surface area (Å²) in [6.45, 7) is 8.62. The lowest BCUT2D eigenvalue weighted by molar-refractivity contribution is -0.218. The van der Waals surface area contributed by atoms with Crippen LogP contribution in [0.5, 0.6) is 0 Å². The number of aliphatic hydroxyl groups excluding tert-OH is 1. The van der Waals surface area contributed by atoms with Crippen molar-refractivity contribution in [1.29, 1.82) is 0 Å². The van der Waals surface area contributed by atoms with Crippen molar-refractivity contribution in [3.05, 3.63) is 131 Å². The van der Waals surface area contributed by atoms with E-state index in [1.807, 2.05) is 111 Å². The summed E-state index contributed by atoms with van der Waals surface area (Å²) in [4.78, 5) is 26.3. The van der Waals surface area contributed by atoms with Gasteiger partial charge in [0.1, 0.15) is 16.8 Å². The van der Waals surface area contributed by atoms with Gasteiger partial charge in [0.2, 0.25) is 0 Å². The van der Waals surface area contributed by atoms with Crippen LogP contribution in [-0.4, -0.2) is 56.6 Å². The third-order valence-electron chi connectivity index (χ3n) is 12.1. The highest BCUT2D eigenvalue weighted by atomic mass is 16.6. The van der Waals surface area contributed by atoms with Crippen LogP contribution in [0.4, 0.5) is 0 Å². The topological polar surface area (TPSA) is 113 Å². The van der Waals surface area contributed by atoms with Crippen LogP contribution >= 0.6 is 0 Å². The Labute approximate surface area is 281 Å². The minimum absolute atomic E-state index is 0.0251. The predicted octanol–water partition coefficient (Wildman–Crippen LogP) is 5.52. The summed E-state index contributed by atoms with van der Waals surface area (Å²) in [6.07, 6.45) is 2.34. The zero-order valence-corrected chi connectivity index (χ0v) is 28.1. The van der Waals surface area contributed by atoms with Gasteiger partial charge in [-0.2, -0.15) is 0 Å². The molecule has 48 heavy (non-hydrogen) atoms. The molecule has 2 saturated carbocycles. The molecule has 0 saturated heterocycles. The first-order valence-electron chi connectivity index (χ1n) is 16.8. The Bertz CT molecular complexity index is 1700. The van der Waals surface area contributed by atoms with E-state index in [2.05, 4.69) is 0 Å². The second-order valence-corrected chi connectivity index (χ2v) is 14.9. The Kier molecular flexibility index (Phi) is 7.53. The second-order valence-electron chi connectivity index (χ2n) is 14.9. The van der Waals surface area contributed by atoms with E-state index >= 15 is 0 Å². The third-order valence-corrected chi connectivity index (χ3v) is 12.1. The fraction of sp³-hybridized carbons (Fsp3) is 0.415. The van der Waals surface area contributed by atoms with Crippen molar-refractivity contribution in [3.8, 4) is 0 Å². The normalized spacial score (nSPS) is 34.9. The number of hydrogen-bond acceptors (Lipinski definition) is 7. The Morgan fingerprint density at radius 2 is 1.38 bits per heavy atom. The minimum atomic E-state index is -1.95. The van der Waals surface area contributed by atoms with Gasteiger partial charge in [0, 0.05) is 42.4 Å². The molecule has 3 aromatic carbocycles. The van der Waals surface area contributed by atoms with Gasteiger partial charge in [-0.05, 0) is 34.8 Å². The quantitative estimate of drug-likeness (QED) is 0.176. The monoisotopic (exact) mass is 648 g/mol. The van der Waals surface area contributed by atoms with Crippen LogP contribution < -0.4 is 0 Å². The van der Waals surface area contributed by atoms with E-state index in [-0.39, 0.29) is 13.0 Å². The maximum atomic E-state index is 13.8. The molecule has 7 nitrogen and oxygen atoms in total. The first kappa shape index (κ1) is 32.7. The predicted molar refractivity (Wildman–Crippen MR) is 180 cm³/mol. The van der Waals surface area contributed by atoms with Crippen molar-refractivity contribution in [3.63, 3.8) is 0 Å². The Balaban J connectivity index is 1.40. The SMILES string of the molecule is CC(=O)O[C@]12C([C@@H]3C=C(COC(c4ccccc4)(c4ccccc4)c4ccccc4)C[C@]4(O)C(=O)C(C)=C[C@H]4[C@@]3(O)[C@H](C)[C@H]1O)C2(C)C. The summed E-state index contributed by atoms with van der Waals surface area (Å²) in [5.41, 5.74) is -2.92. The van der Waals surface area contributed by atoms with E-state index in [9.17, 15) is 24.9 Å². The number of fused-ring (bicyclic) bond motifs is 5. The molecule has 0 radical (unpaired) electrons. The third kappa shape index (κ3) is 4.27. The van der Waals surface area contributed by atoms with Crippen LogP contribution in [0.1, 0.15) is 57.7 Å². The molecule has 7 rings (SSSR count). The van der Waals surface area contributed by atoms with Gasteiger partial charge in [-0.1, -0.05) is 124 Å². The highest BCUT2D eigenvalue weighted by molar-refractivity contribution is 6.04. The van der Waals surface area contributed by atoms with Crippen molar-refractivity contribution >= 4 is 11.8 Å². The molecule has 3 aromatic rings. The second kappa shape index (κ2) is 11.1. The highest BCUT2D eigenvalue weighted by Gasteiger charge is 2.86. The Morgan fingerprint density at radius 1 is 0.875 bits per heavy atom. The zero-order valence-electron chi connectivity index (χ0n) is 28.1.